The number of para-hydroxylation sites is 2. The zero-order chi connectivity index (χ0) is 18.8. The Hall–Kier alpha value is -2.71. The molecule has 3 aromatic rings. The maximum Gasteiger partial charge on any atom is 0.344 e. The Bertz CT molecular complexity index is 979. The molecule has 1 aliphatic heterocycles. The third-order valence-electron chi connectivity index (χ3n) is 4.74. The Morgan fingerprint density at radius 3 is 2.81 bits per heavy atom. The highest BCUT2D eigenvalue weighted by atomic mass is 16.6. The van der Waals surface area contributed by atoms with Crippen LogP contribution in [-0.4, -0.2) is 53.5 Å². The number of nitrogens with two attached hydrogens (primary N) is 1. The van der Waals surface area contributed by atoms with Crippen LogP contribution in [0.25, 0.3) is 22.2 Å². The number of ether oxygens (including phenoxy) is 3. The second kappa shape index (κ2) is 7.50. The molecule has 3 heterocycles. The average Bonchev–Trinajstić information content (AvgIpc) is 3.29. The molecule has 0 radical (unpaired) electrons. The van der Waals surface area contributed by atoms with E-state index in [0.29, 0.717) is 36.4 Å². The van der Waals surface area contributed by atoms with Gasteiger partial charge in [-0.15, -0.1) is 0 Å². The molecule has 8 heteroatoms. The minimum atomic E-state index is -0.506. The predicted octanol–water partition coefficient (Wildman–Crippen LogP) is 2.15. The molecule has 1 aromatic carbocycles. The van der Waals surface area contributed by atoms with Crippen molar-refractivity contribution in [2.45, 2.75) is 25.5 Å². The number of rotatable bonds is 6. The van der Waals surface area contributed by atoms with Crippen molar-refractivity contribution in [2.75, 3.05) is 32.7 Å². The van der Waals surface area contributed by atoms with Gasteiger partial charge in [0, 0.05) is 20.3 Å². The standard InChI is InChI=1S/C19H22N4O4/c1-25-10-8-23-17(20)15(19(24)27-11-12-5-4-9-26-12)16-18(23)22-14-7-3-2-6-13(14)21-16/h2-3,6-7,12H,4-5,8-11,20H2,1H3/t12-/m0/s1. The normalized spacial score (nSPS) is 17.0. The monoisotopic (exact) mass is 370 g/mol. The first kappa shape index (κ1) is 17.7. The van der Waals surface area contributed by atoms with Crippen LogP contribution in [0.1, 0.15) is 23.2 Å². The van der Waals surface area contributed by atoms with Crippen LogP contribution in [0.2, 0.25) is 0 Å². The fourth-order valence-corrected chi connectivity index (χ4v) is 3.34. The minimum Gasteiger partial charge on any atom is -0.459 e. The molecule has 0 spiro atoms. The number of fused-ring (bicyclic) bond motifs is 2. The van der Waals surface area contributed by atoms with Gasteiger partial charge in [0.1, 0.15) is 23.5 Å². The number of hydrogen-bond acceptors (Lipinski definition) is 7. The number of benzene rings is 1. The zero-order valence-corrected chi connectivity index (χ0v) is 15.2. The van der Waals surface area contributed by atoms with Crippen molar-refractivity contribution in [3.05, 3.63) is 29.8 Å². The predicted molar refractivity (Wildman–Crippen MR) is 101 cm³/mol. The largest absolute Gasteiger partial charge is 0.459 e. The summed E-state index contributed by atoms with van der Waals surface area (Å²) in [5, 5.41) is 0. The summed E-state index contributed by atoms with van der Waals surface area (Å²) in [6.07, 6.45) is 1.82. The zero-order valence-electron chi connectivity index (χ0n) is 15.2. The van der Waals surface area contributed by atoms with Crippen molar-refractivity contribution in [3.8, 4) is 0 Å². The van der Waals surface area contributed by atoms with E-state index in [1.165, 1.54) is 0 Å². The number of nitrogen functional groups attached to an aromatic ring is 1. The highest BCUT2D eigenvalue weighted by molar-refractivity contribution is 6.08. The van der Waals surface area contributed by atoms with E-state index < -0.39 is 5.97 Å². The van der Waals surface area contributed by atoms with Gasteiger partial charge in [0.15, 0.2) is 5.65 Å². The van der Waals surface area contributed by atoms with Crippen LogP contribution >= 0.6 is 0 Å². The first-order valence-electron chi connectivity index (χ1n) is 9.01. The van der Waals surface area contributed by atoms with Crippen molar-refractivity contribution in [1.82, 2.24) is 14.5 Å². The van der Waals surface area contributed by atoms with E-state index >= 15 is 0 Å². The maximum atomic E-state index is 12.8. The van der Waals surface area contributed by atoms with Crippen LogP contribution in [0, 0.1) is 0 Å². The third kappa shape index (κ3) is 3.33. The Labute approximate surface area is 156 Å². The molecule has 0 bridgehead atoms. The molecule has 2 N–H and O–H groups in total. The number of anilines is 1. The Morgan fingerprint density at radius 2 is 2.11 bits per heavy atom. The number of carbonyl (C=O) groups excluding carboxylic acids is 1. The second-order valence-electron chi connectivity index (χ2n) is 6.52. The highest BCUT2D eigenvalue weighted by Gasteiger charge is 2.26. The van der Waals surface area contributed by atoms with Crippen molar-refractivity contribution < 1.29 is 19.0 Å². The molecule has 0 aliphatic carbocycles. The third-order valence-corrected chi connectivity index (χ3v) is 4.74. The van der Waals surface area contributed by atoms with Crippen molar-refractivity contribution in [1.29, 1.82) is 0 Å². The van der Waals surface area contributed by atoms with Gasteiger partial charge in [0.25, 0.3) is 0 Å². The van der Waals surface area contributed by atoms with Gasteiger partial charge >= 0.3 is 5.97 Å². The van der Waals surface area contributed by atoms with Crippen LogP contribution < -0.4 is 5.73 Å². The highest BCUT2D eigenvalue weighted by Crippen LogP contribution is 2.28. The summed E-state index contributed by atoms with van der Waals surface area (Å²) in [6.45, 7) is 1.82. The molecule has 8 nitrogen and oxygen atoms in total. The molecule has 0 saturated carbocycles. The lowest BCUT2D eigenvalue weighted by molar-refractivity contribution is 0.0163. The summed E-state index contributed by atoms with van der Waals surface area (Å²) < 4.78 is 17.9. The van der Waals surface area contributed by atoms with Crippen LogP contribution in [0.4, 0.5) is 5.82 Å². The molecule has 1 fully saturated rings. The molecule has 0 amide bonds. The minimum absolute atomic E-state index is 0.0519. The maximum absolute atomic E-state index is 12.8. The summed E-state index contributed by atoms with van der Waals surface area (Å²) in [5.41, 5.74) is 8.97. The van der Waals surface area contributed by atoms with E-state index in [1.54, 1.807) is 11.7 Å². The van der Waals surface area contributed by atoms with Gasteiger partial charge in [0.2, 0.25) is 0 Å². The van der Waals surface area contributed by atoms with E-state index in [4.69, 9.17) is 19.9 Å². The lowest BCUT2D eigenvalue weighted by Crippen LogP contribution is -2.19. The second-order valence-corrected chi connectivity index (χ2v) is 6.52. The van der Waals surface area contributed by atoms with E-state index in [2.05, 4.69) is 9.97 Å². The SMILES string of the molecule is COCCn1c(N)c(C(=O)OC[C@@H]2CCCO2)c2nc3ccccc3nc21. The summed E-state index contributed by atoms with van der Waals surface area (Å²) in [5.74, 6) is -0.219. The van der Waals surface area contributed by atoms with Gasteiger partial charge in [-0.1, -0.05) is 12.1 Å². The van der Waals surface area contributed by atoms with Gasteiger partial charge < -0.3 is 24.5 Å². The van der Waals surface area contributed by atoms with Crippen molar-refractivity contribution >= 4 is 34.0 Å². The van der Waals surface area contributed by atoms with E-state index in [1.807, 2.05) is 24.3 Å². The molecule has 4 rings (SSSR count). The fourth-order valence-electron chi connectivity index (χ4n) is 3.34. The topological polar surface area (TPSA) is 101 Å². The molecule has 2 aromatic heterocycles. The van der Waals surface area contributed by atoms with Crippen LogP contribution in [0.3, 0.4) is 0 Å². The van der Waals surface area contributed by atoms with Gasteiger partial charge in [-0.05, 0) is 25.0 Å². The first-order valence-corrected chi connectivity index (χ1v) is 9.01. The van der Waals surface area contributed by atoms with E-state index in [0.717, 1.165) is 18.4 Å². The lowest BCUT2D eigenvalue weighted by Gasteiger charge is -2.10. The van der Waals surface area contributed by atoms with Gasteiger partial charge in [-0.25, -0.2) is 14.8 Å². The number of esters is 1. The smallest absolute Gasteiger partial charge is 0.344 e. The van der Waals surface area contributed by atoms with Crippen LogP contribution in [0.15, 0.2) is 24.3 Å². The number of aromatic nitrogens is 3. The van der Waals surface area contributed by atoms with E-state index in [9.17, 15) is 4.79 Å². The molecule has 1 saturated heterocycles. The molecule has 1 atom stereocenters. The average molecular weight is 370 g/mol. The van der Waals surface area contributed by atoms with Crippen LogP contribution in [0.5, 0.6) is 0 Å². The van der Waals surface area contributed by atoms with Crippen LogP contribution in [-0.2, 0) is 20.8 Å². The van der Waals surface area contributed by atoms with Crippen molar-refractivity contribution in [2.24, 2.45) is 0 Å². The van der Waals surface area contributed by atoms with Gasteiger partial charge in [0.05, 0.1) is 23.7 Å². The molecular weight excluding hydrogens is 348 g/mol. The summed E-state index contributed by atoms with van der Waals surface area (Å²) >= 11 is 0. The van der Waals surface area contributed by atoms with Gasteiger partial charge in [-0.3, -0.25) is 0 Å². The Balaban J connectivity index is 1.76. The Kier molecular flexibility index (Phi) is 4.91. The van der Waals surface area contributed by atoms with Crippen molar-refractivity contribution in [3.63, 3.8) is 0 Å². The summed E-state index contributed by atoms with van der Waals surface area (Å²) in [4.78, 5) is 22.1. The fraction of sp³-hybridized carbons (Fsp3) is 0.421. The molecule has 142 valence electrons. The molecule has 0 unspecified atom stereocenters. The number of methoxy groups -OCH3 is 1. The Morgan fingerprint density at radius 1 is 1.33 bits per heavy atom. The molecule has 27 heavy (non-hydrogen) atoms. The first-order chi connectivity index (χ1) is 13.2. The lowest BCUT2D eigenvalue weighted by atomic mass is 10.2. The number of carbonyl (C=O) groups is 1. The summed E-state index contributed by atoms with van der Waals surface area (Å²) in [6, 6.07) is 7.50. The van der Waals surface area contributed by atoms with E-state index in [-0.39, 0.29) is 24.1 Å². The van der Waals surface area contributed by atoms with Gasteiger partial charge in [-0.2, -0.15) is 0 Å². The number of nitrogens with zero attached hydrogens (tertiary/aromatic N) is 3. The summed E-state index contributed by atoms with van der Waals surface area (Å²) in [7, 11) is 1.61. The number of hydrogen-bond donors (Lipinski definition) is 1. The molecular formula is C19H22N4O4. The quantitative estimate of drug-likeness (QED) is 0.663. The molecule has 1 aliphatic rings.